The van der Waals surface area contributed by atoms with Gasteiger partial charge in [0.15, 0.2) is 5.78 Å². The van der Waals surface area contributed by atoms with Gasteiger partial charge in [0.1, 0.15) is 0 Å². The van der Waals surface area contributed by atoms with E-state index in [4.69, 9.17) is 4.98 Å². The van der Waals surface area contributed by atoms with Gasteiger partial charge in [0.25, 0.3) is 0 Å². The summed E-state index contributed by atoms with van der Waals surface area (Å²) in [5.74, 6) is 0.547. The number of hydrogen-bond donors (Lipinski definition) is 1. The fraction of sp³-hybridized carbons (Fsp3) is 0.263. The first-order chi connectivity index (χ1) is 20.5. The molecule has 221 valence electrons. The van der Waals surface area contributed by atoms with Crippen LogP contribution in [0.1, 0.15) is 53.4 Å². The van der Waals surface area contributed by atoms with Crippen LogP contribution in [-0.2, 0) is 24.9 Å². The van der Waals surface area contributed by atoms with Gasteiger partial charge in [-0.2, -0.15) is 0 Å². The number of carbonyl (C=O) groups is 1. The summed E-state index contributed by atoms with van der Waals surface area (Å²) in [5, 5.41) is 18.4. The van der Waals surface area contributed by atoms with Crippen LogP contribution in [0.15, 0.2) is 90.8 Å². The minimum Gasteiger partial charge on any atom is -0.512 e. The third-order valence-electron chi connectivity index (χ3n) is 8.94. The molecule has 7 rings (SSSR count). The van der Waals surface area contributed by atoms with Crippen molar-refractivity contribution in [3.05, 3.63) is 96.9 Å². The van der Waals surface area contributed by atoms with Gasteiger partial charge < -0.3 is 14.5 Å². The van der Waals surface area contributed by atoms with Crippen molar-refractivity contribution in [1.82, 2.24) is 9.38 Å². The number of benzene rings is 4. The van der Waals surface area contributed by atoms with Crippen molar-refractivity contribution in [2.45, 2.75) is 53.4 Å². The Hall–Kier alpha value is -3.79. The normalized spacial score (nSPS) is 12.2. The predicted octanol–water partition coefficient (Wildman–Crippen LogP) is 10.2. The summed E-state index contributed by atoms with van der Waals surface area (Å²) in [5.41, 5.74) is 4.78. The molecule has 0 saturated carbocycles. The SMILES string of the molecule is CCC(CC)C(=O)/C=C(\O)C(CC)CC.[Ir].[c-]1cccc2c1c1nccc3c4ccccc4n4c5ccccc5c2c4c31. The second-order valence-electron chi connectivity index (χ2n) is 11.1. The number of aliphatic hydroxyl groups is 1. The first-order valence-corrected chi connectivity index (χ1v) is 15.2. The zero-order chi connectivity index (χ0) is 29.4. The number of para-hydroxylation sites is 2. The van der Waals surface area contributed by atoms with Crippen LogP contribution in [-0.4, -0.2) is 20.3 Å². The molecule has 0 spiro atoms. The van der Waals surface area contributed by atoms with E-state index in [-0.39, 0.29) is 43.5 Å². The molecule has 0 amide bonds. The van der Waals surface area contributed by atoms with E-state index in [9.17, 15) is 9.90 Å². The van der Waals surface area contributed by atoms with Crippen molar-refractivity contribution in [2.75, 3.05) is 0 Å². The Morgan fingerprint density at radius 3 is 2.07 bits per heavy atom. The summed E-state index contributed by atoms with van der Waals surface area (Å²) in [6, 6.07) is 29.3. The number of rotatable bonds is 7. The molecule has 0 aliphatic rings. The quantitative estimate of drug-likeness (QED) is 0.0581. The van der Waals surface area contributed by atoms with E-state index in [0.29, 0.717) is 0 Å². The Morgan fingerprint density at radius 1 is 0.791 bits per heavy atom. The Morgan fingerprint density at radius 2 is 1.40 bits per heavy atom. The maximum Gasteiger partial charge on any atom is 0.162 e. The van der Waals surface area contributed by atoms with Gasteiger partial charge in [-0.05, 0) is 70.9 Å². The minimum absolute atomic E-state index is 0. The number of allylic oxidation sites excluding steroid dienone is 2. The number of ketones is 1. The van der Waals surface area contributed by atoms with Gasteiger partial charge >= 0.3 is 0 Å². The maximum absolute atomic E-state index is 11.7. The molecule has 0 fully saturated rings. The number of fused-ring (bicyclic) bond motifs is 9. The first kappa shape index (κ1) is 30.7. The second kappa shape index (κ2) is 12.8. The monoisotopic (exact) mass is 746 g/mol. The predicted molar refractivity (Wildman–Crippen MR) is 177 cm³/mol. The van der Waals surface area contributed by atoms with E-state index in [0.717, 1.165) is 36.6 Å². The minimum atomic E-state index is 0. The number of hydrogen-bond acceptors (Lipinski definition) is 3. The third-order valence-corrected chi connectivity index (χ3v) is 8.94. The van der Waals surface area contributed by atoms with Gasteiger partial charge in [0.05, 0.1) is 16.8 Å². The first-order valence-electron chi connectivity index (χ1n) is 15.2. The largest absolute Gasteiger partial charge is 0.512 e. The summed E-state index contributed by atoms with van der Waals surface area (Å²) in [6.07, 6.45) is 6.84. The standard InChI is InChI=1S/C25H13N2.C13H24O2.Ir/c1-2-9-18-16(8-1)22-19-10-4-6-12-21(19)27-20-11-5-3-7-15(20)17-13-14-26-24(18)23(17)25(22)27;1-5-10(6-2)12(14)9-13(15)11(7-3)8-4;/h1-8,10-14H;9-11,14H,5-8H2,1-4H3;/q-1;;/b;12-9-;. The average molecular weight is 746 g/mol. The van der Waals surface area contributed by atoms with Crippen molar-refractivity contribution in [1.29, 1.82) is 0 Å². The topological polar surface area (TPSA) is 54.6 Å². The zero-order valence-corrected chi connectivity index (χ0v) is 27.5. The van der Waals surface area contributed by atoms with E-state index >= 15 is 0 Å². The maximum atomic E-state index is 11.7. The van der Waals surface area contributed by atoms with Crippen molar-refractivity contribution in [3.8, 4) is 0 Å². The summed E-state index contributed by atoms with van der Waals surface area (Å²) in [7, 11) is 0. The van der Waals surface area contributed by atoms with E-state index in [1.807, 2.05) is 40.0 Å². The average Bonchev–Trinajstić information content (AvgIpc) is 3.38. The molecule has 4 aromatic carbocycles. The number of pyridine rings is 2. The fourth-order valence-electron chi connectivity index (χ4n) is 6.63. The van der Waals surface area contributed by atoms with Crippen molar-refractivity contribution in [3.63, 3.8) is 0 Å². The van der Waals surface area contributed by atoms with E-state index < -0.39 is 0 Å². The Balaban J connectivity index is 0.000000201. The fourth-order valence-corrected chi connectivity index (χ4v) is 6.63. The summed E-state index contributed by atoms with van der Waals surface area (Å²) < 4.78 is 2.42. The van der Waals surface area contributed by atoms with E-state index in [2.05, 4.69) is 77.2 Å². The van der Waals surface area contributed by atoms with Crippen LogP contribution < -0.4 is 0 Å². The molecule has 4 nitrogen and oxygen atoms in total. The molecule has 0 aliphatic carbocycles. The van der Waals surface area contributed by atoms with Crippen molar-refractivity contribution < 1.29 is 30.0 Å². The van der Waals surface area contributed by atoms with Crippen molar-refractivity contribution in [2.24, 2.45) is 11.8 Å². The molecule has 1 radical (unpaired) electrons. The molecule has 3 heterocycles. The summed E-state index contributed by atoms with van der Waals surface area (Å²) in [4.78, 5) is 16.5. The van der Waals surface area contributed by atoms with Gasteiger partial charge in [-0.1, -0.05) is 69.5 Å². The molecule has 7 aromatic rings. The van der Waals surface area contributed by atoms with E-state index in [1.165, 1.54) is 54.9 Å². The van der Waals surface area contributed by atoms with Crippen LogP contribution in [0, 0.1) is 17.9 Å². The number of aliphatic hydroxyl groups excluding tert-OH is 1. The molecule has 0 saturated heterocycles. The van der Waals surface area contributed by atoms with E-state index in [1.54, 1.807) is 0 Å². The molecule has 43 heavy (non-hydrogen) atoms. The zero-order valence-electron chi connectivity index (χ0n) is 25.1. The Bertz CT molecular complexity index is 1960. The molecule has 0 unspecified atom stereocenters. The molecule has 1 N–H and O–H groups in total. The molecule has 0 bridgehead atoms. The van der Waals surface area contributed by atoms with Crippen LogP contribution in [0.4, 0.5) is 0 Å². The van der Waals surface area contributed by atoms with Gasteiger partial charge in [-0.15, -0.1) is 29.7 Å². The van der Waals surface area contributed by atoms with Gasteiger partial charge in [0.2, 0.25) is 0 Å². The molecule has 5 heteroatoms. The van der Waals surface area contributed by atoms with Crippen molar-refractivity contribution >= 4 is 65.6 Å². The summed E-state index contributed by atoms with van der Waals surface area (Å²) >= 11 is 0. The van der Waals surface area contributed by atoms with Crippen LogP contribution in [0.25, 0.3) is 59.8 Å². The summed E-state index contributed by atoms with van der Waals surface area (Å²) in [6.45, 7) is 8.07. The number of nitrogens with zero attached hydrogens (tertiary/aromatic N) is 2. The van der Waals surface area contributed by atoms with Crippen LogP contribution in [0.5, 0.6) is 0 Å². The van der Waals surface area contributed by atoms with Gasteiger partial charge in [-0.3, -0.25) is 4.79 Å². The molecule has 3 aromatic heterocycles. The Kier molecular flexibility index (Phi) is 9.15. The van der Waals surface area contributed by atoms with Gasteiger partial charge in [0, 0.05) is 55.1 Å². The van der Waals surface area contributed by atoms with Crippen LogP contribution in [0.3, 0.4) is 0 Å². The second-order valence-corrected chi connectivity index (χ2v) is 11.1. The molecular formula is C38H37IrN2O2-. The van der Waals surface area contributed by atoms with Gasteiger partial charge in [-0.25, -0.2) is 0 Å². The number of carbonyl (C=O) groups excluding carboxylic acids is 1. The smallest absolute Gasteiger partial charge is 0.162 e. The number of aromatic nitrogens is 2. The molecular weight excluding hydrogens is 709 g/mol. The van der Waals surface area contributed by atoms with Crippen LogP contribution >= 0.6 is 0 Å². The van der Waals surface area contributed by atoms with Crippen LogP contribution in [0.2, 0.25) is 0 Å². The Labute approximate surface area is 266 Å². The molecule has 0 atom stereocenters. The molecule has 0 aliphatic heterocycles. The third kappa shape index (κ3) is 5.09.